The van der Waals surface area contributed by atoms with Crippen molar-refractivity contribution in [2.24, 2.45) is 0 Å². The van der Waals surface area contributed by atoms with Gasteiger partial charge in [0.1, 0.15) is 5.76 Å². The number of rotatable bonds is 6. The summed E-state index contributed by atoms with van der Waals surface area (Å²) in [7, 11) is 0. The Morgan fingerprint density at radius 1 is 1.40 bits per heavy atom. The highest BCUT2D eigenvalue weighted by Gasteiger charge is 2.23. The number of hydrogen-bond donors (Lipinski definition) is 3. The molecule has 2 aromatic heterocycles. The Hall–Kier alpha value is -1.79. The number of furan rings is 1. The summed E-state index contributed by atoms with van der Waals surface area (Å²) in [5.74, 6) is 0.691. The Kier molecular flexibility index (Phi) is 4.81. The van der Waals surface area contributed by atoms with Gasteiger partial charge in [0.15, 0.2) is 0 Å². The molecule has 2 amide bonds. The molecule has 0 aliphatic heterocycles. The van der Waals surface area contributed by atoms with Crippen LogP contribution in [0.15, 0.2) is 40.3 Å². The topological polar surface area (TPSA) is 74.5 Å². The van der Waals surface area contributed by atoms with Crippen LogP contribution in [0.1, 0.15) is 17.6 Å². The van der Waals surface area contributed by atoms with E-state index in [9.17, 15) is 9.90 Å². The van der Waals surface area contributed by atoms with Gasteiger partial charge in [0, 0.05) is 17.8 Å². The minimum Gasteiger partial charge on any atom is -0.469 e. The average molecular weight is 294 g/mol. The smallest absolute Gasteiger partial charge is 0.315 e. The van der Waals surface area contributed by atoms with Gasteiger partial charge in [0.2, 0.25) is 0 Å². The monoisotopic (exact) mass is 294 g/mol. The molecule has 0 saturated carbocycles. The molecule has 1 atom stereocenters. The minimum atomic E-state index is -1.04. The summed E-state index contributed by atoms with van der Waals surface area (Å²) in [4.78, 5) is 12.7. The molecule has 0 spiro atoms. The number of aliphatic hydroxyl groups is 1. The van der Waals surface area contributed by atoms with Crippen LogP contribution >= 0.6 is 11.3 Å². The zero-order valence-corrected chi connectivity index (χ0v) is 12.1. The number of amides is 2. The lowest BCUT2D eigenvalue weighted by Crippen LogP contribution is -2.45. The van der Waals surface area contributed by atoms with Crippen LogP contribution in [-0.2, 0) is 13.0 Å². The van der Waals surface area contributed by atoms with Gasteiger partial charge in [0.05, 0.1) is 18.4 Å². The van der Waals surface area contributed by atoms with Gasteiger partial charge in [0.25, 0.3) is 0 Å². The molecular weight excluding hydrogens is 276 g/mol. The van der Waals surface area contributed by atoms with Crippen molar-refractivity contribution in [3.05, 3.63) is 46.5 Å². The van der Waals surface area contributed by atoms with Crippen molar-refractivity contribution in [3.8, 4) is 0 Å². The molecular formula is C14H18N2O3S. The third-order valence-corrected chi connectivity index (χ3v) is 3.64. The molecule has 2 aromatic rings. The maximum absolute atomic E-state index is 11.6. The Labute approximate surface area is 121 Å². The van der Waals surface area contributed by atoms with Crippen molar-refractivity contribution >= 4 is 17.4 Å². The molecule has 0 radical (unpaired) electrons. The SMILES string of the molecule is CC(O)(CNC(=O)NCc1cccs1)Cc1ccco1. The van der Waals surface area contributed by atoms with Crippen molar-refractivity contribution in [3.63, 3.8) is 0 Å². The van der Waals surface area contributed by atoms with Crippen LogP contribution in [0.2, 0.25) is 0 Å². The second kappa shape index (κ2) is 6.58. The van der Waals surface area contributed by atoms with Crippen molar-refractivity contribution < 1.29 is 14.3 Å². The lowest BCUT2D eigenvalue weighted by atomic mass is 10.0. The van der Waals surface area contributed by atoms with Gasteiger partial charge in [-0.05, 0) is 30.5 Å². The van der Waals surface area contributed by atoms with Gasteiger partial charge in [-0.15, -0.1) is 11.3 Å². The van der Waals surface area contributed by atoms with Gasteiger partial charge in [-0.25, -0.2) is 4.79 Å². The summed E-state index contributed by atoms with van der Waals surface area (Å²) in [6.45, 7) is 2.31. The molecule has 20 heavy (non-hydrogen) atoms. The van der Waals surface area contributed by atoms with Crippen molar-refractivity contribution in [2.45, 2.75) is 25.5 Å². The number of urea groups is 1. The number of thiophene rings is 1. The summed E-state index contributed by atoms with van der Waals surface area (Å²) in [6.07, 6.45) is 1.91. The van der Waals surface area contributed by atoms with E-state index in [1.165, 1.54) is 0 Å². The van der Waals surface area contributed by atoms with Crippen LogP contribution in [0, 0.1) is 0 Å². The van der Waals surface area contributed by atoms with Crippen molar-refractivity contribution in [2.75, 3.05) is 6.54 Å². The molecule has 3 N–H and O–H groups in total. The normalized spacial score (nSPS) is 13.7. The van der Waals surface area contributed by atoms with Crippen LogP contribution < -0.4 is 10.6 Å². The molecule has 5 nitrogen and oxygen atoms in total. The number of hydrogen-bond acceptors (Lipinski definition) is 4. The number of carbonyl (C=O) groups is 1. The third-order valence-electron chi connectivity index (χ3n) is 2.77. The fourth-order valence-electron chi connectivity index (χ4n) is 1.76. The summed E-state index contributed by atoms with van der Waals surface area (Å²) in [6, 6.07) is 7.17. The molecule has 1 unspecified atom stereocenters. The van der Waals surface area contributed by atoms with Crippen LogP contribution in [0.5, 0.6) is 0 Å². The molecule has 6 heteroatoms. The Balaban J connectivity index is 1.71. The minimum absolute atomic E-state index is 0.157. The van der Waals surface area contributed by atoms with E-state index in [1.54, 1.807) is 36.7 Å². The standard InChI is InChI=1S/C14H18N2O3S/c1-14(18,8-11-4-2-6-19-11)10-16-13(17)15-9-12-5-3-7-20-12/h2-7,18H,8-10H2,1H3,(H2,15,16,17). The second-order valence-electron chi connectivity index (χ2n) is 4.87. The van der Waals surface area contributed by atoms with Gasteiger partial charge < -0.3 is 20.2 Å². The fraction of sp³-hybridized carbons (Fsp3) is 0.357. The molecule has 108 valence electrons. The zero-order valence-electron chi connectivity index (χ0n) is 11.3. The number of nitrogens with one attached hydrogen (secondary N) is 2. The fourth-order valence-corrected chi connectivity index (χ4v) is 2.41. The summed E-state index contributed by atoms with van der Waals surface area (Å²) >= 11 is 1.59. The van der Waals surface area contributed by atoms with E-state index in [0.717, 1.165) is 4.88 Å². The largest absolute Gasteiger partial charge is 0.469 e. The zero-order chi connectivity index (χ0) is 14.4. The van der Waals surface area contributed by atoms with Gasteiger partial charge in [-0.3, -0.25) is 0 Å². The first-order valence-corrected chi connectivity index (χ1v) is 7.22. The van der Waals surface area contributed by atoms with E-state index in [1.807, 2.05) is 17.5 Å². The average Bonchev–Trinajstić information content (AvgIpc) is 3.06. The van der Waals surface area contributed by atoms with Gasteiger partial charge in [-0.2, -0.15) is 0 Å². The highest BCUT2D eigenvalue weighted by atomic mass is 32.1. The third kappa shape index (κ3) is 4.71. The summed E-state index contributed by atoms with van der Waals surface area (Å²) in [5, 5.41) is 17.6. The van der Waals surface area contributed by atoms with Crippen LogP contribution in [0.25, 0.3) is 0 Å². The highest BCUT2D eigenvalue weighted by molar-refractivity contribution is 7.09. The van der Waals surface area contributed by atoms with Crippen LogP contribution in [-0.4, -0.2) is 23.3 Å². The quantitative estimate of drug-likeness (QED) is 0.764. The van der Waals surface area contributed by atoms with E-state index < -0.39 is 5.60 Å². The van der Waals surface area contributed by atoms with Crippen LogP contribution in [0.4, 0.5) is 4.79 Å². The van der Waals surface area contributed by atoms with E-state index >= 15 is 0 Å². The Morgan fingerprint density at radius 3 is 2.90 bits per heavy atom. The van der Waals surface area contributed by atoms with E-state index in [0.29, 0.717) is 18.7 Å². The first-order chi connectivity index (χ1) is 9.55. The molecule has 2 rings (SSSR count). The highest BCUT2D eigenvalue weighted by Crippen LogP contribution is 2.12. The molecule has 0 aliphatic rings. The van der Waals surface area contributed by atoms with E-state index in [2.05, 4.69) is 10.6 Å². The van der Waals surface area contributed by atoms with Crippen LogP contribution in [0.3, 0.4) is 0 Å². The second-order valence-corrected chi connectivity index (χ2v) is 5.90. The lowest BCUT2D eigenvalue weighted by Gasteiger charge is -2.22. The Bertz CT molecular complexity index is 521. The van der Waals surface area contributed by atoms with Gasteiger partial charge >= 0.3 is 6.03 Å². The molecule has 2 heterocycles. The molecule has 0 aromatic carbocycles. The van der Waals surface area contributed by atoms with E-state index in [-0.39, 0.29) is 12.6 Å². The molecule has 0 bridgehead atoms. The predicted molar refractivity (Wildman–Crippen MR) is 77.6 cm³/mol. The first-order valence-electron chi connectivity index (χ1n) is 6.34. The summed E-state index contributed by atoms with van der Waals surface area (Å²) in [5.41, 5.74) is -1.04. The first kappa shape index (κ1) is 14.6. The maximum atomic E-state index is 11.6. The molecule has 0 saturated heterocycles. The molecule has 0 aliphatic carbocycles. The molecule has 0 fully saturated rings. The predicted octanol–water partition coefficient (Wildman–Crippen LogP) is 2.13. The summed E-state index contributed by atoms with van der Waals surface area (Å²) < 4.78 is 5.19. The van der Waals surface area contributed by atoms with Gasteiger partial charge in [-0.1, -0.05) is 6.07 Å². The lowest BCUT2D eigenvalue weighted by molar-refractivity contribution is 0.0571. The van der Waals surface area contributed by atoms with Crippen molar-refractivity contribution in [1.82, 2.24) is 10.6 Å². The Morgan fingerprint density at radius 2 is 2.25 bits per heavy atom. The maximum Gasteiger partial charge on any atom is 0.315 e. The van der Waals surface area contributed by atoms with Crippen molar-refractivity contribution in [1.29, 1.82) is 0 Å². The number of carbonyl (C=O) groups excluding carboxylic acids is 1. The van der Waals surface area contributed by atoms with E-state index in [4.69, 9.17) is 4.42 Å².